The quantitative estimate of drug-likeness (QED) is 0.0261. The molecule has 1 aliphatic heterocycles. The lowest BCUT2D eigenvalue weighted by molar-refractivity contribution is -0.537. The van der Waals surface area contributed by atoms with Crippen LogP contribution in [0.5, 0.6) is 0 Å². The second-order valence-corrected chi connectivity index (χ2v) is 14.7. The number of alkyl halides is 13. The first-order chi connectivity index (χ1) is 28.1. The van der Waals surface area contributed by atoms with Crippen molar-refractivity contribution in [1.29, 1.82) is 0 Å². The van der Waals surface area contributed by atoms with Gasteiger partial charge >= 0.3 is 35.8 Å². The van der Waals surface area contributed by atoms with Gasteiger partial charge in [-0.25, -0.2) is 4.74 Å². The van der Waals surface area contributed by atoms with Gasteiger partial charge < -0.3 is 60.8 Å². The molecule has 0 aromatic heterocycles. The lowest BCUT2D eigenvalue weighted by Crippen LogP contribution is -2.70. The maximum absolute atomic E-state index is 14.1. The van der Waals surface area contributed by atoms with Crippen molar-refractivity contribution < 1.29 is 122 Å². The van der Waals surface area contributed by atoms with E-state index in [1.165, 1.54) is 38.1 Å². The number of carbonyl (C=O) groups excluding carboxylic acids is 2. The first kappa shape index (κ1) is 54.7. The molecule has 28 heteroatoms. The van der Waals surface area contributed by atoms with Crippen LogP contribution in [-0.4, -0.2) is 173 Å². The monoisotopic (exact) mass is 934 g/mol. The zero-order valence-electron chi connectivity index (χ0n) is 32.0. The van der Waals surface area contributed by atoms with Crippen LogP contribution in [0.3, 0.4) is 0 Å². The molecule has 15 nitrogen and oxygen atoms in total. The van der Waals surface area contributed by atoms with E-state index in [4.69, 9.17) is 9.47 Å². The van der Waals surface area contributed by atoms with Gasteiger partial charge in [0.2, 0.25) is 0 Å². The highest BCUT2D eigenvalue weighted by molar-refractivity contribution is 5.81. The summed E-state index contributed by atoms with van der Waals surface area (Å²) >= 11 is 0. The highest BCUT2D eigenvalue weighted by Crippen LogP contribution is 2.60. The second kappa shape index (κ2) is 20.1. The third-order valence-electron chi connectivity index (χ3n) is 9.68. The van der Waals surface area contributed by atoms with E-state index in [1.54, 1.807) is 0 Å². The standard InChI is InChI=1S/C34H43F13N2O13/c1-28(2,9-7-17(52)8-10-29(35,36)30(37,38)31(39,40)32(41,42)33(43,44)34(45,46)47)49(60)12-16-5-3-15(4-6-16)11-48-26(59)23(57)22(56)25(18(53)13-50)62-27-24(58)21(55)20(54)19(14-51)61-27/h3-6,12,18-25,27,50-51,53-58H,7-11,13-14H2,1-2H3,(H,48,59)/b49-12-/t18?,19?,20-,21-,22+,23?,24?,25-,27-/m0/s1. The molecule has 1 heterocycles. The Labute approximate surface area is 341 Å². The van der Waals surface area contributed by atoms with E-state index in [9.17, 15) is 113 Å². The Bertz CT molecular complexity index is 1690. The molecule has 9 atom stereocenters. The molecule has 4 unspecified atom stereocenters. The number of hydrogen-bond acceptors (Lipinski definition) is 13. The normalized spacial score (nSPS) is 23.4. The van der Waals surface area contributed by atoms with Crippen molar-refractivity contribution in [2.75, 3.05) is 13.2 Å². The fraction of sp³-hybridized carbons (Fsp3) is 0.735. The molecular formula is C34H43F13N2O13. The van der Waals surface area contributed by atoms with Crippen LogP contribution in [0.2, 0.25) is 0 Å². The van der Waals surface area contributed by atoms with Gasteiger partial charge in [0.05, 0.1) is 13.2 Å². The number of nitrogens with zero attached hydrogens (tertiary/aromatic N) is 1. The summed E-state index contributed by atoms with van der Waals surface area (Å²) in [5.41, 5.74) is -1.22. The van der Waals surface area contributed by atoms with Crippen LogP contribution < -0.4 is 5.32 Å². The van der Waals surface area contributed by atoms with Gasteiger partial charge in [0.15, 0.2) is 24.1 Å². The van der Waals surface area contributed by atoms with Crippen LogP contribution in [0.15, 0.2) is 24.3 Å². The van der Waals surface area contributed by atoms with Crippen LogP contribution in [0.25, 0.3) is 0 Å². The van der Waals surface area contributed by atoms with Crippen molar-refractivity contribution >= 4 is 17.9 Å². The Morgan fingerprint density at radius 1 is 0.806 bits per heavy atom. The SMILES string of the molecule is CC(C)(CCC(=O)CCC(F)(F)C(F)(F)C(F)(F)C(F)(F)C(F)(F)C(F)(F)F)/[N+]([O-])=C/c1ccc(CNC(=O)C(O)[C@@H](O)[C@@H](O[C@@H]2OC(CO)[C@H](O)[C@H](O)C2O)C(O)CO)cc1. The first-order valence-electron chi connectivity index (χ1n) is 17.8. The van der Waals surface area contributed by atoms with Gasteiger partial charge in [0.25, 0.3) is 5.91 Å². The molecule has 358 valence electrons. The van der Waals surface area contributed by atoms with Crippen molar-refractivity contribution in [3.63, 3.8) is 0 Å². The predicted molar refractivity (Wildman–Crippen MR) is 179 cm³/mol. The lowest BCUT2D eigenvalue weighted by atomic mass is 9.90. The molecule has 0 radical (unpaired) electrons. The largest absolute Gasteiger partial charge is 0.623 e. The molecule has 1 aromatic carbocycles. The summed E-state index contributed by atoms with van der Waals surface area (Å²) in [5, 5.41) is 95.1. The second-order valence-electron chi connectivity index (χ2n) is 14.7. The number of carbonyl (C=O) groups is 2. The van der Waals surface area contributed by atoms with Crippen molar-refractivity contribution in [2.45, 2.75) is 143 Å². The van der Waals surface area contributed by atoms with Gasteiger partial charge in [-0.05, 0) is 17.7 Å². The first-order valence-corrected chi connectivity index (χ1v) is 17.8. The number of hydroxylamine groups is 1. The third-order valence-corrected chi connectivity index (χ3v) is 9.68. The minimum Gasteiger partial charge on any atom is -0.623 e. The van der Waals surface area contributed by atoms with E-state index in [0.717, 1.165) is 6.21 Å². The average molecular weight is 935 g/mol. The number of hydrogen-bond donors (Lipinski definition) is 9. The number of rotatable bonds is 22. The number of ketones is 1. The Morgan fingerprint density at radius 3 is 1.82 bits per heavy atom. The molecule has 62 heavy (non-hydrogen) atoms. The smallest absolute Gasteiger partial charge is 0.460 e. The summed E-state index contributed by atoms with van der Waals surface area (Å²) in [5.74, 6) is -40.6. The van der Waals surface area contributed by atoms with E-state index in [2.05, 4.69) is 5.32 Å². The van der Waals surface area contributed by atoms with Gasteiger partial charge in [0.1, 0.15) is 48.5 Å². The average Bonchev–Trinajstić information content (AvgIpc) is 3.19. The Balaban J connectivity index is 2.02. The summed E-state index contributed by atoms with van der Waals surface area (Å²) in [6.45, 7) is -0.0315. The van der Waals surface area contributed by atoms with Crippen molar-refractivity contribution in [2.24, 2.45) is 0 Å². The number of Topliss-reactive ketones (excluding diaryl/α,β-unsaturated/α-hetero) is 1. The van der Waals surface area contributed by atoms with E-state index >= 15 is 0 Å². The van der Waals surface area contributed by atoms with Crippen molar-refractivity contribution in [3.05, 3.63) is 40.6 Å². The van der Waals surface area contributed by atoms with E-state index in [0.29, 0.717) is 0 Å². The van der Waals surface area contributed by atoms with Crippen LogP contribution in [-0.2, 0) is 25.6 Å². The number of aliphatic hydroxyl groups is 8. The molecule has 1 aromatic rings. The minimum atomic E-state index is -8.07. The molecule has 0 bridgehead atoms. The molecule has 1 fully saturated rings. The number of ether oxygens (including phenoxy) is 2. The zero-order valence-corrected chi connectivity index (χ0v) is 32.0. The lowest BCUT2D eigenvalue weighted by Gasteiger charge is -2.42. The van der Waals surface area contributed by atoms with E-state index in [1.807, 2.05) is 0 Å². The summed E-state index contributed by atoms with van der Waals surface area (Å²) in [6, 6.07) is 5.21. The van der Waals surface area contributed by atoms with Gasteiger partial charge in [-0.15, -0.1) is 0 Å². The summed E-state index contributed by atoms with van der Waals surface area (Å²) < 4.78 is 184. The molecular weight excluding hydrogens is 891 g/mol. The minimum absolute atomic E-state index is 0.131. The Morgan fingerprint density at radius 2 is 1.32 bits per heavy atom. The summed E-state index contributed by atoms with van der Waals surface area (Å²) in [6.07, 6.45) is -30.8. The highest BCUT2D eigenvalue weighted by Gasteiger charge is 2.90. The van der Waals surface area contributed by atoms with Crippen LogP contribution >= 0.6 is 0 Å². The Kier molecular flexibility index (Phi) is 17.8. The van der Waals surface area contributed by atoms with Gasteiger partial charge in [-0.3, -0.25) is 9.59 Å². The van der Waals surface area contributed by atoms with E-state index < -0.39 is 147 Å². The van der Waals surface area contributed by atoms with Gasteiger partial charge in [-0.2, -0.15) is 57.1 Å². The van der Waals surface area contributed by atoms with Crippen molar-refractivity contribution in [3.8, 4) is 0 Å². The fourth-order valence-corrected chi connectivity index (χ4v) is 5.43. The van der Waals surface area contributed by atoms with Crippen LogP contribution in [0.1, 0.15) is 50.7 Å². The molecule has 0 saturated carbocycles. The van der Waals surface area contributed by atoms with Crippen LogP contribution in [0.4, 0.5) is 57.1 Å². The third kappa shape index (κ3) is 11.6. The topological polar surface area (TPSA) is 253 Å². The van der Waals surface area contributed by atoms with E-state index in [-0.39, 0.29) is 22.4 Å². The molecule has 1 saturated heterocycles. The maximum Gasteiger partial charge on any atom is 0.460 e. The Hall–Kier alpha value is -3.48. The number of amides is 1. The number of halogens is 13. The molecule has 9 N–H and O–H groups in total. The van der Waals surface area contributed by atoms with Crippen molar-refractivity contribution in [1.82, 2.24) is 5.32 Å². The highest BCUT2D eigenvalue weighted by atomic mass is 19.4. The molecule has 0 spiro atoms. The summed E-state index contributed by atoms with van der Waals surface area (Å²) in [4.78, 5) is 24.8. The number of nitrogens with one attached hydrogen (secondary N) is 1. The number of benzene rings is 1. The molecule has 1 amide bonds. The molecule has 2 rings (SSSR count). The molecule has 0 aliphatic carbocycles. The van der Waals surface area contributed by atoms with Gasteiger partial charge in [0, 0.05) is 51.6 Å². The number of aliphatic hydroxyl groups excluding tert-OH is 8. The van der Waals surface area contributed by atoms with Crippen LogP contribution in [0, 0.1) is 5.21 Å². The zero-order chi connectivity index (χ0) is 48.2. The maximum atomic E-state index is 14.1. The van der Waals surface area contributed by atoms with Gasteiger partial charge in [-0.1, -0.05) is 12.1 Å². The predicted octanol–water partition coefficient (Wildman–Crippen LogP) is 1.14. The molecule has 1 aliphatic rings. The summed E-state index contributed by atoms with van der Waals surface area (Å²) in [7, 11) is 0. The fourth-order valence-electron chi connectivity index (χ4n) is 5.43.